The summed E-state index contributed by atoms with van der Waals surface area (Å²) in [6.45, 7) is -0.440. The highest BCUT2D eigenvalue weighted by atomic mass is 35.5. The molecule has 9 nitrogen and oxygen atoms in total. The maximum absolute atomic E-state index is 13.6. The third-order valence-electron chi connectivity index (χ3n) is 4.25. The zero-order valence-electron chi connectivity index (χ0n) is 17.0. The van der Waals surface area contributed by atoms with Crippen molar-refractivity contribution in [1.82, 2.24) is 10.7 Å². The van der Waals surface area contributed by atoms with Crippen molar-refractivity contribution >= 4 is 41.2 Å². The van der Waals surface area contributed by atoms with Gasteiger partial charge in [-0.15, -0.1) is 0 Å². The molecule has 0 aromatic heterocycles. The summed E-state index contributed by atoms with van der Waals surface area (Å²) < 4.78 is 24.3. The first-order valence-corrected chi connectivity index (χ1v) is 9.93. The second kappa shape index (κ2) is 10.6. The molecule has 0 heterocycles. The molecule has 2 aromatic rings. The first-order chi connectivity index (χ1) is 15.4. The van der Waals surface area contributed by atoms with Crippen LogP contribution in [-0.4, -0.2) is 43.7 Å². The molecular formula is C21H20ClFN4O5. The van der Waals surface area contributed by atoms with Crippen LogP contribution in [0.4, 0.5) is 10.1 Å². The zero-order chi connectivity index (χ0) is 23.1. The first-order valence-electron chi connectivity index (χ1n) is 9.56. The average molecular weight is 463 g/mol. The number of amides is 3. The van der Waals surface area contributed by atoms with E-state index in [9.17, 15) is 18.8 Å². The molecule has 11 heteroatoms. The van der Waals surface area contributed by atoms with Crippen molar-refractivity contribution in [2.24, 2.45) is 5.10 Å². The predicted octanol–water partition coefficient (Wildman–Crippen LogP) is 2.23. The summed E-state index contributed by atoms with van der Waals surface area (Å²) >= 11 is 6.23. The lowest BCUT2D eigenvalue weighted by Gasteiger charge is -2.13. The number of nitrogens with zero attached hydrogens (tertiary/aromatic N) is 1. The predicted molar refractivity (Wildman–Crippen MR) is 115 cm³/mol. The van der Waals surface area contributed by atoms with Gasteiger partial charge in [0.1, 0.15) is 5.82 Å². The molecule has 32 heavy (non-hydrogen) atoms. The molecule has 1 fully saturated rings. The Labute approximate surface area is 187 Å². The zero-order valence-corrected chi connectivity index (χ0v) is 17.7. The molecule has 168 valence electrons. The van der Waals surface area contributed by atoms with E-state index in [-0.39, 0.29) is 28.3 Å². The number of anilines is 1. The number of hydrogen-bond acceptors (Lipinski definition) is 6. The van der Waals surface area contributed by atoms with Crippen molar-refractivity contribution in [3.05, 3.63) is 52.8 Å². The van der Waals surface area contributed by atoms with Gasteiger partial charge in [-0.25, -0.2) is 9.82 Å². The molecule has 0 saturated heterocycles. The van der Waals surface area contributed by atoms with Gasteiger partial charge in [0.2, 0.25) is 0 Å². The van der Waals surface area contributed by atoms with Crippen LogP contribution in [0.5, 0.6) is 11.5 Å². The normalized spacial score (nSPS) is 12.8. The van der Waals surface area contributed by atoms with Gasteiger partial charge >= 0.3 is 11.8 Å². The van der Waals surface area contributed by atoms with Gasteiger partial charge in [-0.05, 0) is 42.7 Å². The molecule has 0 bridgehead atoms. The Morgan fingerprint density at radius 2 is 1.97 bits per heavy atom. The fraction of sp³-hybridized carbons (Fsp3) is 0.238. The van der Waals surface area contributed by atoms with E-state index >= 15 is 0 Å². The second-order valence-electron chi connectivity index (χ2n) is 6.80. The van der Waals surface area contributed by atoms with Crippen LogP contribution in [0.2, 0.25) is 5.02 Å². The minimum atomic E-state index is -0.882. The van der Waals surface area contributed by atoms with Gasteiger partial charge in [-0.1, -0.05) is 23.7 Å². The van der Waals surface area contributed by atoms with E-state index in [0.29, 0.717) is 5.56 Å². The first kappa shape index (κ1) is 23.0. The number of carbonyl (C=O) groups is 3. The molecule has 3 amide bonds. The Morgan fingerprint density at radius 1 is 1.22 bits per heavy atom. The summed E-state index contributed by atoms with van der Waals surface area (Å²) in [7, 11) is 1.38. The number of carbonyl (C=O) groups excluding carboxylic acids is 3. The van der Waals surface area contributed by atoms with Crippen LogP contribution in [0.25, 0.3) is 0 Å². The van der Waals surface area contributed by atoms with Gasteiger partial charge < -0.3 is 20.1 Å². The summed E-state index contributed by atoms with van der Waals surface area (Å²) in [5, 5.41) is 8.78. The van der Waals surface area contributed by atoms with E-state index in [1.807, 2.05) is 0 Å². The van der Waals surface area contributed by atoms with Crippen LogP contribution >= 0.6 is 11.6 Å². The Bertz CT molecular complexity index is 1060. The lowest BCUT2D eigenvalue weighted by molar-refractivity contribution is -0.139. The fourth-order valence-corrected chi connectivity index (χ4v) is 2.81. The minimum Gasteiger partial charge on any atom is -0.493 e. The number of halogens is 2. The number of para-hydroxylation sites is 1. The fourth-order valence-electron chi connectivity index (χ4n) is 2.54. The van der Waals surface area contributed by atoms with Gasteiger partial charge in [0.15, 0.2) is 18.1 Å². The standard InChI is InChI=1S/C21H20ClFN4O5/c1-31-17-9-12(10-24-27-21(30)20(29)25-13-6-7-13)8-14(22)19(17)32-11-18(28)26-16-5-3-2-4-15(16)23/h2-5,8-10,13H,6-7,11H2,1H3,(H,25,29)(H,26,28)(H,27,30)/b24-10-. The Hall–Kier alpha value is -3.66. The number of rotatable bonds is 8. The Morgan fingerprint density at radius 3 is 2.66 bits per heavy atom. The van der Waals surface area contributed by atoms with Crippen LogP contribution in [-0.2, 0) is 14.4 Å². The highest BCUT2D eigenvalue weighted by molar-refractivity contribution is 6.35. The van der Waals surface area contributed by atoms with Gasteiger partial charge in [0, 0.05) is 6.04 Å². The number of methoxy groups -OCH3 is 1. The van der Waals surface area contributed by atoms with E-state index in [1.165, 1.54) is 43.7 Å². The van der Waals surface area contributed by atoms with E-state index in [1.54, 1.807) is 6.07 Å². The van der Waals surface area contributed by atoms with E-state index in [0.717, 1.165) is 12.8 Å². The van der Waals surface area contributed by atoms with Gasteiger partial charge in [-0.3, -0.25) is 14.4 Å². The molecule has 0 aliphatic heterocycles. The van der Waals surface area contributed by atoms with Crippen molar-refractivity contribution in [3.8, 4) is 11.5 Å². The summed E-state index contributed by atoms with van der Waals surface area (Å²) in [5.74, 6) is -2.49. The summed E-state index contributed by atoms with van der Waals surface area (Å²) in [4.78, 5) is 35.3. The van der Waals surface area contributed by atoms with E-state index < -0.39 is 30.1 Å². The number of nitrogens with one attached hydrogen (secondary N) is 3. The molecule has 0 spiro atoms. The third-order valence-corrected chi connectivity index (χ3v) is 4.53. The van der Waals surface area contributed by atoms with Crippen molar-refractivity contribution in [3.63, 3.8) is 0 Å². The van der Waals surface area contributed by atoms with Crippen molar-refractivity contribution < 1.29 is 28.2 Å². The Balaban J connectivity index is 1.59. The SMILES string of the molecule is COc1cc(/C=N\NC(=O)C(=O)NC2CC2)cc(Cl)c1OCC(=O)Nc1ccccc1F. The second-order valence-corrected chi connectivity index (χ2v) is 7.20. The monoisotopic (exact) mass is 462 g/mol. The highest BCUT2D eigenvalue weighted by Crippen LogP contribution is 2.36. The van der Waals surface area contributed by atoms with Gasteiger partial charge in [0.05, 0.1) is 24.0 Å². The largest absolute Gasteiger partial charge is 0.493 e. The summed E-state index contributed by atoms with van der Waals surface area (Å²) in [6.07, 6.45) is 2.99. The number of hydrogen-bond donors (Lipinski definition) is 3. The van der Waals surface area contributed by atoms with Crippen LogP contribution in [0.15, 0.2) is 41.5 Å². The lowest BCUT2D eigenvalue weighted by Crippen LogP contribution is -2.38. The van der Waals surface area contributed by atoms with E-state index in [2.05, 4.69) is 21.2 Å². The average Bonchev–Trinajstić information content (AvgIpc) is 3.58. The van der Waals surface area contributed by atoms with Gasteiger partial charge in [-0.2, -0.15) is 5.10 Å². The van der Waals surface area contributed by atoms with Crippen LogP contribution in [0.3, 0.4) is 0 Å². The molecule has 0 radical (unpaired) electrons. The smallest absolute Gasteiger partial charge is 0.329 e. The molecular weight excluding hydrogens is 443 g/mol. The summed E-state index contributed by atoms with van der Waals surface area (Å²) in [5.41, 5.74) is 2.59. The molecule has 3 rings (SSSR count). The van der Waals surface area contributed by atoms with Crippen LogP contribution < -0.4 is 25.5 Å². The van der Waals surface area contributed by atoms with E-state index in [4.69, 9.17) is 21.1 Å². The molecule has 1 saturated carbocycles. The number of hydrazone groups is 1. The number of benzene rings is 2. The maximum atomic E-state index is 13.6. The van der Waals surface area contributed by atoms with Crippen molar-refractivity contribution in [2.75, 3.05) is 19.0 Å². The minimum absolute atomic E-state index is 0.0265. The topological polar surface area (TPSA) is 118 Å². The highest BCUT2D eigenvalue weighted by Gasteiger charge is 2.26. The van der Waals surface area contributed by atoms with Crippen LogP contribution in [0.1, 0.15) is 18.4 Å². The quantitative estimate of drug-likeness (QED) is 0.316. The van der Waals surface area contributed by atoms with Crippen LogP contribution in [0, 0.1) is 5.82 Å². The molecule has 2 aromatic carbocycles. The molecule has 1 aliphatic rings. The molecule has 0 atom stereocenters. The molecule has 3 N–H and O–H groups in total. The molecule has 0 unspecified atom stereocenters. The Kier molecular flexibility index (Phi) is 7.61. The number of ether oxygens (including phenoxy) is 2. The van der Waals surface area contributed by atoms with Gasteiger partial charge in [0.25, 0.3) is 5.91 Å². The maximum Gasteiger partial charge on any atom is 0.329 e. The molecule has 1 aliphatic carbocycles. The summed E-state index contributed by atoms with van der Waals surface area (Å²) in [6, 6.07) is 8.76. The lowest BCUT2D eigenvalue weighted by atomic mass is 10.2. The van der Waals surface area contributed by atoms with Crippen molar-refractivity contribution in [2.45, 2.75) is 18.9 Å². The third kappa shape index (κ3) is 6.42. The van der Waals surface area contributed by atoms with Crippen molar-refractivity contribution in [1.29, 1.82) is 0 Å².